The number of ether oxygens (including phenoxy) is 1. The maximum absolute atomic E-state index is 12.6. The second-order valence-corrected chi connectivity index (χ2v) is 6.22. The Kier molecular flexibility index (Phi) is 6.10. The lowest BCUT2D eigenvalue weighted by molar-refractivity contribution is -0.121. The SMILES string of the molecule is CCOc1ccc(C(NC(=O)Cc2ccccc2O)c2ccccc2)cc1. The highest BCUT2D eigenvalue weighted by Crippen LogP contribution is 2.25. The highest BCUT2D eigenvalue weighted by atomic mass is 16.5. The Balaban J connectivity index is 1.82. The van der Waals surface area contributed by atoms with E-state index >= 15 is 0 Å². The average Bonchev–Trinajstić information content (AvgIpc) is 2.70. The smallest absolute Gasteiger partial charge is 0.225 e. The lowest BCUT2D eigenvalue weighted by Gasteiger charge is -2.20. The van der Waals surface area contributed by atoms with Crippen molar-refractivity contribution in [1.82, 2.24) is 5.32 Å². The summed E-state index contributed by atoms with van der Waals surface area (Å²) in [6, 6.07) is 24.2. The number of rotatable bonds is 7. The molecule has 4 heteroatoms. The van der Waals surface area contributed by atoms with E-state index in [1.165, 1.54) is 0 Å². The Morgan fingerprint density at radius 3 is 2.22 bits per heavy atom. The summed E-state index contributed by atoms with van der Waals surface area (Å²) in [6.45, 7) is 2.55. The van der Waals surface area contributed by atoms with E-state index in [9.17, 15) is 9.90 Å². The van der Waals surface area contributed by atoms with Gasteiger partial charge in [-0.05, 0) is 36.2 Å². The fourth-order valence-corrected chi connectivity index (χ4v) is 2.97. The molecule has 1 amide bonds. The summed E-state index contributed by atoms with van der Waals surface area (Å²) in [6.07, 6.45) is 0.118. The second-order valence-electron chi connectivity index (χ2n) is 6.22. The minimum absolute atomic E-state index is 0.118. The van der Waals surface area contributed by atoms with Crippen molar-refractivity contribution in [3.8, 4) is 11.5 Å². The first kappa shape index (κ1) is 18.5. The molecule has 3 aromatic rings. The average molecular weight is 361 g/mol. The summed E-state index contributed by atoms with van der Waals surface area (Å²) in [5, 5.41) is 13.0. The lowest BCUT2D eigenvalue weighted by atomic mass is 9.98. The van der Waals surface area contributed by atoms with Crippen LogP contribution in [0.4, 0.5) is 0 Å². The minimum Gasteiger partial charge on any atom is -0.508 e. The molecule has 0 fully saturated rings. The van der Waals surface area contributed by atoms with Crippen LogP contribution in [0.15, 0.2) is 78.9 Å². The van der Waals surface area contributed by atoms with Gasteiger partial charge in [-0.1, -0.05) is 60.7 Å². The molecule has 0 saturated heterocycles. The number of para-hydroxylation sites is 1. The zero-order valence-electron chi connectivity index (χ0n) is 15.3. The Morgan fingerprint density at radius 2 is 1.56 bits per heavy atom. The van der Waals surface area contributed by atoms with Crippen LogP contribution in [0, 0.1) is 0 Å². The highest BCUT2D eigenvalue weighted by Gasteiger charge is 2.18. The number of phenols is 1. The van der Waals surface area contributed by atoms with Gasteiger partial charge >= 0.3 is 0 Å². The molecule has 1 unspecified atom stereocenters. The Hall–Kier alpha value is -3.27. The van der Waals surface area contributed by atoms with Crippen molar-refractivity contribution in [3.63, 3.8) is 0 Å². The predicted molar refractivity (Wildman–Crippen MR) is 106 cm³/mol. The fraction of sp³-hybridized carbons (Fsp3) is 0.174. The summed E-state index contributed by atoms with van der Waals surface area (Å²) in [5.41, 5.74) is 2.57. The van der Waals surface area contributed by atoms with E-state index in [4.69, 9.17) is 4.74 Å². The van der Waals surface area contributed by atoms with Crippen molar-refractivity contribution >= 4 is 5.91 Å². The van der Waals surface area contributed by atoms with Crippen molar-refractivity contribution < 1.29 is 14.6 Å². The van der Waals surface area contributed by atoms with Gasteiger partial charge in [-0.2, -0.15) is 0 Å². The van der Waals surface area contributed by atoms with Gasteiger partial charge in [0.15, 0.2) is 0 Å². The van der Waals surface area contributed by atoms with Gasteiger partial charge in [0, 0.05) is 5.56 Å². The standard InChI is InChI=1S/C23H23NO3/c1-2-27-20-14-12-18(13-15-20)23(17-8-4-3-5-9-17)24-22(26)16-19-10-6-7-11-21(19)25/h3-15,23,25H,2,16H2,1H3,(H,24,26). The summed E-state index contributed by atoms with van der Waals surface area (Å²) in [4.78, 5) is 12.6. The zero-order chi connectivity index (χ0) is 19.1. The molecular formula is C23H23NO3. The molecule has 0 aromatic heterocycles. The van der Waals surface area contributed by atoms with Crippen LogP contribution >= 0.6 is 0 Å². The number of hydrogen-bond donors (Lipinski definition) is 2. The van der Waals surface area contributed by atoms with Crippen LogP contribution in [-0.4, -0.2) is 17.6 Å². The number of phenolic OH excluding ortho intramolecular Hbond substituents is 1. The summed E-state index contributed by atoms with van der Waals surface area (Å²) in [5.74, 6) is 0.776. The van der Waals surface area contributed by atoms with Crippen molar-refractivity contribution in [2.75, 3.05) is 6.61 Å². The molecule has 27 heavy (non-hydrogen) atoms. The van der Waals surface area contributed by atoms with Crippen LogP contribution < -0.4 is 10.1 Å². The van der Waals surface area contributed by atoms with Crippen LogP contribution in [-0.2, 0) is 11.2 Å². The van der Waals surface area contributed by atoms with Crippen LogP contribution in [0.25, 0.3) is 0 Å². The first-order valence-corrected chi connectivity index (χ1v) is 9.01. The van der Waals surface area contributed by atoms with Gasteiger partial charge in [0.25, 0.3) is 0 Å². The molecule has 1 atom stereocenters. The molecular weight excluding hydrogens is 338 g/mol. The highest BCUT2D eigenvalue weighted by molar-refractivity contribution is 5.80. The largest absolute Gasteiger partial charge is 0.508 e. The Morgan fingerprint density at radius 1 is 0.926 bits per heavy atom. The summed E-state index contributed by atoms with van der Waals surface area (Å²) >= 11 is 0. The van der Waals surface area contributed by atoms with Crippen molar-refractivity contribution in [2.45, 2.75) is 19.4 Å². The molecule has 0 bridgehead atoms. The number of nitrogens with one attached hydrogen (secondary N) is 1. The number of amides is 1. The minimum atomic E-state index is -0.278. The van der Waals surface area contributed by atoms with Crippen LogP contribution in [0.5, 0.6) is 11.5 Å². The normalized spacial score (nSPS) is 11.6. The molecule has 0 aliphatic carbocycles. The molecule has 3 rings (SSSR count). The van der Waals surface area contributed by atoms with E-state index in [0.717, 1.165) is 16.9 Å². The van der Waals surface area contributed by atoms with Gasteiger partial charge in [-0.15, -0.1) is 0 Å². The summed E-state index contributed by atoms with van der Waals surface area (Å²) < 4.78 is 5.50. The predicted octanol–water partition coefficient (Wildman–Crippen LogP) is 4.24. The molecule has 2 N–H and O–H groups in total. The monoisotopic (exact) mass is 361 g/mol. The Bertz CT molecular complexity index is 876. The van der Waals surface area contributed by atoms with E-state index in [1.54, 1.807) is 18.2 Å². The van der Waals surface area contributed by atoms with Crippen molar-refractivity contribution in [3.05, 3.63) is 95.6 Å². The van der Waals surface area contributed by atoms with E-state index in [-0.39, 0.29) is 24.1 Å². The first-order valence-electron chi connectivity index (χ1n) is 9.01. The molecule has 0 saturated carbocycles. The van der Waals surface area contributed by atoms with Crippen LogP contribution in [0.1, 0.15) is 29.7 Å². The molecule has 0 aliphatic rings. The Labute approximate surface area is 159 Å². The van der Waals surface area contributed by atoms with E-state index in [1.807, 2.05) is 67.6 Å². The molecule has 3 aromatic carbocycles. The van der Waals surface area contributed by atoms with E-state index < -0.39 is 0 Å². The van der Waals surface area contributed by atoms with Gasteiger partial charge < -0.3 is 15.2 Å². The van der Waals surface area contributed by atoms with Gasteiger partial charge in [-0.3, -0.25) is 4.79 Å². The van der Waals surface area contributed by atoms with Gasteiger partial charge in [0.05, 0.1) is 19.1 Å². The summed E-state index contributed by atoms with van der Waals surface area (Å²) in [7, 11) is 0. The van der Waals surface area contributed by atoms with Crippen molar-refractivity contribution in [2.24, 2.45) is 0 Å². The first-order chi connectivity index (χ1) is 13.2. The maximum atomic E-state index is 12.6. The molecule has 0 heterocycles. The van der Waals surface area contributed by atoms with Crippen LogP contribution in [0.3, 0.4) is 0 Å². The third-order valence-corrected chi connectivity index (χ3v) is 4.31. The van der Waals surface area contributed by atoms with E-state index in [2.05, 4.69) is 5.32 Å². The maximum Gasteiger partial charge on any atom is 0.225 e. The molecule has 0 radical (unpaired) electrons. The van der Waals surface area contributed by atoms with E-state index in [0.29, 0.717) is 12.2 Å². The van der Waals surface area contributed by atoms with Gasteiger partial charge in [-0.25, -0.2) is 0 Å². The number of aromatic hydroxyl groups is 1. The quantitative estimate of drug-likeness (QED) is 0.662. The number of carbonyl (C=O) groups is 1. The van der Waals surface area contributed by atoms with Gasteiger partial charge in [0.1, 0.15) is 11.5 Å². The topological polar surface area (TPSA) is 58.6 Å². The van der Waals surface area contributed by atoms with Crippen LogP contribution in [0.2, 0.25) is 0 Å². The third kappa shape index (κ3) is 4.88. The number of carbonyl (C=O) groups excluding carboxylic acids is 1. The molecule has 138 valence electrons. The second kappa shape index (κ2) is 8.90. The van der Waals surface area contributed by atoms with Crippen molar-refractivity contribution in [1.29, 1.82) is 0 Å². The molecule has 4 nitrogen and oxygen atoms in total. The molecule has 0 spiro atoms. The third-order valence-electron chi connectivity index (χ3n) is 4.31. The van der Waals surface area contributed by atoms with Gasteiger partial charge in [0.2, 0.25) is 5.91 Å². The lowest BCUT2D eigenvalue weighted by Crippen LogP contribution is -2.30. The molecule has 0 aliphatic heterocycles. The number of benzene rings is 3. The fourth-order valence-electron chi connectivity index (χ4n) is 2.97. The zero-order valence-corrected chi connectivity index (χ0v) is 15.3. The number of hydrogen-bond acceptors (Lipinski definition) is 3.